The van der Waals surface area contributed by atoms with Crippen LogP contribution in [0.1, 0.15) is 24.8 Å². The van der Waals surface area contributed by atoms with Gasteiger partial charge in [0.05, 0.1) is 13.1 Å². The van der Waals surface area contributed by atoms with E-state index < -0.39 is 5.82 Å². The molecule has 6 nitrogen and oxygen atoms in total. The van der Waals surface area contributed by atoms with Crippen LogP contribution in [0.15, 0.2) is 18.2 Å². The number of likely N-dealkylation sites (N-methyl/N-ethyl adjacent to an activating group) is 1. The van der Waals surface area contributed by atoms with Crippen LogP contribution in [0, 0.1) is 5.82 Å². The summed E-state index contributed by atoms with van der Waals surface area (Å²) in [6.07, 6.45) is 3.13. The quantitative estimate of drug-likeness (QED) is 0.701. The summed E-state index contributed by atoms with van der Waals surface area (Å²) in [7, 11) is 1.67. The number of benzene rings is 1. The van der Waals surface area contributed by atoms with Crippen molar-refractivity contribution in [3.63, 3.8) is 0 Å². The van der Waals surface area contributed by atoms with Gasteiger partial charge in [0.15, 0.2) is 0 Å². The lowest BCUT2D eigenvalue weighted by Crippen LogP contribution is -2.42. The Labute approximate surface area is 177 Å². The van der Waals surface area contributed by atoms with Crippen molar-refractivity contribution in [1.82, 2.24) is 19.6 Å². The van der Waals surface area contributed by atoms with Crippen LogP contribution in [-0.2, 0) is 16.1 Å². The maximum atomic E-state index is 14.0. The summed E-state index contributed by atoms with van der Waals surface area (Å²) in [6.45, 7) is 5.86. The normalized spacial score (nSPS) is 18.7. The highest BCUT2D eigenvalue weighted by molar-refractivity contribution is 6.31. The minimum Gasteiger partial charge on any atom is -0.342 e. The smallest absolute Gasteiger partial charge is 0.236 e. The predicted octanol–water partition coefficient (Wildman–Crippen LogP) is 2.07. The topological polar surface area (TPSA) is 47.1 Å². The summed E-state index contributed by atoms with van der Waals surface area (Å²) < 4.78 is 14.0. The van der Waals surface area contributed by atoms with Crippen molar-refractivity contribution in [3.05, 3.63) is 34.6 Å². The van der Waals surface area contributed by atoms with Crippen LogP contribution in [0.4, 0.5) is 4.39 Å². The Hall–Kier alpha value is -1.70. The van der Waals surface area contributed by atoms with E-state index in [4.69, 9.17) is 11.6 Å². The van der Waals surface area contributed by atoms with Crippen LogP contribution in [-0.4, -0.2) is 90.8 Å². The first-order chi connectivity index (χ1) is 13.9. The molecule has 8 heteroatoms. The van der Waals surface area contributed by atoms with E-state index in [1.807, 2.05) is 4.90 Å². The number of hydrogen-bond donors (Lipinski definition) is 0. The molecular formula is C21H30ClFN4O2. The molecule has 0 aromatic heterocycles. The molecule has 2 aliphatic rings. The predicted molar refractivity (Wildman–Crippen MR) is 111 cm³/mol. The van der Waals surface area contributed by atoms with Gasteiger partial charge in [-0.1, -0.05) is 17.7 Å². The van der Waals surface area contributed by atoms with Gasteiger partial charge in [-0.2, -0.15) is 0 Å². The van der Waals surface area contributed by atoms with Crippen molar-refractivity contribution in [3.8, 4) is 0 Å². The van der Waals surface area contributed by atoms with Gasteiger partial charge in [-0.25, -0.2) is 4.39 Å². The van der Waals surface area contributed by atoms with E-state index in [9.17, 15) is 14.0 Å². The number of carbonyl (C=O) groups excluding carboxylic acids is 2. The maximum Gasteiger partial charge on any atom is 0.236 e. The van der Waals surface area contributed by atoms with Crippen LogP contribution in [0.25, 0.3) is 0 Å². The van der Waals surface area contributed by atoms with Gasteiger partial charge in [0.25, 0.3) is 0 Å². The third-order valence-electron chi connectivity index (χ3n) is 5.74. The molecular weight excluding hydrogens is 395 g/mol. The fourth-order valence-corrected chi connectivity index (χ4v) is 4.14. The monoisotopic (exact) mass is 424 g/mol. The average molecular weight is 425 g/mol. The van der Waals surface area contributed by atoms with E-state index in [-0.39, 0.29) is 24.9 Å². The van der Waals surface area contributed by atoms with Crippen molar-refractivity contribution in [1.29, 1.82) is 0 Å². The van der Waals surface area contributed by atoms with Crippen LogP contribution in [0.3, 0.4) is 0 Å². The Kier molecular flexibility index (Phi) is 7.86. The molecule has 3 rings (SSSR count). The van der Waals surface area contributed by atoms with Gasteiger partial charge in [-0.3, -0.25) is 19.4 Å². The molecule has 0 radical (unpaired) electrons. The first-order valence-electron chi connectivity index (χ1n) is 10.3. The van der Waals surface area contributed by atoms with Gasteiger partial charge < -0.3 is 9.80 Å². The zero-order valence-corrected chi connectivity index (χ0v) is 17.8. The summed E-state index contributed by atoms with van der Waals surface area (Å²) >= 11 is 6.07. The average Bonchev–Trinajstić information content (AvgIpc) is 3.15. The van der Waals surface area contributed by atoms with E-state index in [0.717, 1.165) is 58.5 Å². The van der Waals surface area contributed by atoms with Crippen LogP contribution in [0.5, 0.6) is 0 Å². The summed E-state index contributed by atoms with van der Waals surface area (Å²) in [5.41, 5.74) is 0.340. The molecule has 0 bridgehead atoms. The molecule has 2 heterocycles. The largest absolute Gasteiger partial charge is 0.342 e. The van der Waals surface area contributed by atoms with Gasteiger partial charge in [0.2, 0.25) is 11.8 Å². The van der Waals surface area contributed by atoms with Crippen molar-refractivity contribution < 1.29 is 14.0 Å². The molecule has 0 spiro atoms. The molecule has 2 amide bonds. The second-order valence-corrected chi connectivity index (χ2v) is 8.35. The Balaban J connectivity index is 1.46. The van der Waals surface area contributed by atoms with E-state index in [2.05, 4.69) is 9.80 Å². The fraction of sp³-hybridized carbons (Fsp3) is 0.619. The standard InChI is InChI=1S/C21H30ClFN4O2/c1-24(14-17-18(22)6-4-7-19(17)23)20(28)15-25-8-5-9-26(13-12-25)16-21(29)27-10-2-3-11-27/h4,6-7H,2-3,5,8-16H2,1H3. The van der Waals surface area contributed by atoms with Gasteiger partial charge in [0, 0.05) is 50.4 Å². The number of nitrogens with zero attached hydrogens (tertiary/aromatic N) is 4. The van der Waals surface area contributed by atoms with Gasteiger partial charge >= 0.3 is 0 Å². The minimum atomic E-state index is -0.398. The Morgan fingerprint density at radius 3 is 2.31 bits per heavy atom. The first kappa shape index (κ1) is 22.0. The molecule has 2 saturated heterocycles. The molecule has 2 fully saturated rings. The van der Waals surface area contributed by atoms with Crippen molar-refractivity contribution in [2.24, 2.45) is 0 Å². The number of amides is 2. The number of halogens is 2. The van der Waals surface area contributed by atoms with E-state index in [1.54, 1.807) is 19.2 Å². The maximum absolute atomic E-state index is 14.0. The summed E-state index contributed by atoms with van der Waals surface area (Å²) in [6, 6.07) is 4.54. The fourth-order valence-electron chi connectivity index (χ4n) is 3.92. The molecule has 0 saturated carbocycles. The molecule has 1 aromatic carbocycles. The SMILES string of the molecule is CN(Cc1c(F)cccc1Cl)C(=O)CN1CCCN(CC(=O)N2CCCC2)CC1. The van der Waals surface area contributed by atoms with Gasteiger partial charge in [-0.05, 0) is 44.5 Å². The second kappa shape index (κ2) is 10.4. The molecule has 0 atom stereocenters. The molecule has 160 valence electrons. The zero-order chi connectivity index (χ0) is 20.8. The molecule has 0 aliphatic carbocycles. The van der Waals surface area contributed by atoms with E-state index in [0.29, 0.717) is 17.1 Å². The second-order valence-electron chi connectivity index (χ2n) is 7.94. The third kappa shape index (κ3) is 6.14. The minimum absolute atomic E-state index is 0.0640. The third-order valence-corrected chi connectivity index (χ3v) is 6.09. The molecule has 0 N–H and O–H groups in total. The van der Waals surface area contributed by atoms with Crippen molar-refractivity contribution in [2.75, 3.05) is 59.4 Å². The molecule has 0 unspecified atom stereocenters. The van der Waals surface area contributed by atoms with E-state index >= 15 is 0 Å². The summed E-state index contributed by atoms with van der Waals surface area (Å²) in [4.78, 5) is 32.8. The molecule has 1 aromatic rings. The Bertz CT molecular complexity index is 706. The highest BCUT2D eigenvalue weighted by Gasteiger charge is 2.24. The van der Waals surface area contributed by atoms with Crippen LogP contribution < -0.4 is 0 Å². The van der Waals surface area contributed by atoms with Crippen LogP contribution in [0.2, 0.25) is 5.02 Å². The van der Waals surface area contributed by atoms with Crippen molar-refractivity contribution in [2.45, 2.75) is 25.8 Å². The van der Waals surface area contributed by atoms with Gasteiger partial charge in [-0.15, -0.1) is 0 Å². The highest BCUT2D eigenvalue weighted by atomic mass is 35.5. The summed E-state index contributed by atoms with van der Waals surface area (Å²) in [5.74, 6) is -0.246. The first-order valence-corrected chi connectivity index (χ1v) is 10.7. The Morgan fingerprint density at radius 2 is 1.66 bits per heavy atom. The number of rotatable bonds is 6. The zero-order valence-electron chi connectivity index (χ0n) is 17.1. The number of carbonyl (C=O) groups is 2. The van der Waals surface area contributed by atoms with Gasteiger partial charge in [0.1, 0.15) is 5.82 Å². The lowest BCUT2D eigenvalue weighted by Gasteiger charge is -2.25. The molecule has 2 aliphatic heterocycles. The van der Waals surface area contributed by atoms with E-state index in [1.165, 1.54) is 11.0 Å². The summed E-state index contributed by atoms with van der Waals surface area (Å²) in [5, 5.41) is 0.331. The van der Waals surface area contributed by atoms with Crippen molar-refractivity contribution >= 4 is 23.4 Å². The lowest BCUT2D eigenvalue weighted by atomic mass is 10.2. The lowest BCUT2D eigenvalue weighted by molar-refractivity contribution is -0.132. The Morgan fingerprint density at radius 1 is 1.00 bits per heavy atom. The van der Waals surface area contributed by atoms with Crippen LogP contribution >= 0.6 is 11.6 Å². The number of hydrogen-bond acceptors (Lipinski definition) is 4. The highest BCUT2D eigenvalue weighted by Crippen LogP contribution is 2.20. The molecule has 29 heavy (non-hydrogen) atoms. The number of likely N-dealkylation sites (tertiary alicyclic amines) is 1.